The zero-order chi connectivity index (χ0) is 15.6. The van der Waals surface area contributed by atoms with Crippen LogP contribution >= 0.6 is 34.9 Å². The van der Waals surface area contributed by atoms with Gasteiger partial charge in [0.15, 0.2) is 5.69 Å². The molecule has 3 unspecified atom stereocenters. The number of alkyl halides is 3. The summed E-state index contributed by atoms with van der Waals surface area (Å²) in [7, 11) is 0. The zero-order valence-corrected chi connectivity index (χ0v) is 14.6. The van der Waals surface area contributed by atoms with Crippen LogP contribution in [0.5, 0.6) is 0 Å². The van der Waals surface area contributed by atoms with E-state index in [9.17, 15) is 13.2 Å². The molecule has 120 valence electrons. The average Bonchev–Trinajstić information content (AvgIpc) is 2.83. The Hall–Kier alpha value is 0.0800. The first-order valence-corrected chi connectivity index (χ1v) is 9.68. The van der Waals surface area contributed by atoms with Crippen LogP contribution in [0.25, 0.3) is 0 Å². The molecule has 1 aromatic heterocycles. The Balaban J connectivity index is 2.22. The van der Waals surface area contributed by atoms with E-state index in [2.05, 4.69) is 24.1 Å². The van der Waals surface area contributed by atoms with E-state index in [0.717, 1.165) is 5.75 Å². The fraction of sp³-hybridized carbons (Fsp3) is 0.769. The summed E-state index contributed by atoms with van der Waals surface area (Å²) < 4.78 is 39.3. The zero-order valence-electron chi connectivity index (χ0n) is 12.2. The number of thiazole rings is 1. The van der Waals surface area contributed by atoms with E-state index in [1.807, 2.05) is 18.7 Å². The van der Waals surface area contributed by atoms with Crippen molar-refractivity contribution in [1.82, 2.24) is 10.3 Å². The van der Waals surface area contributed by atoms with Crippen molar-refractivity contribution < 1.29 is 13.2 Å². The van der Waals surface area contributed by atoms with Crippen LogP contribution in [0, 0.1) is 0 Å². The maximum atomic E-state index is 13.1. The topological polar surface area (TPSA) is 24.9 Å². The van der Waals surface area contributed by atoms with E-state index in [4.69, 9.17) is 0 Å². The van der Waals surface area contributed by atoms with Gasteiger partial charge in [0.05, 0.1) is 10.1 Å². The van der Waals surface area contributed by atoms with Gasteiger partial charge in [-0.1, -0.05) is 20.8 Å². The summed E-state index contributed by atoms with van der Waals surface area (Å²) in [5.41, 5.74) is -0.708. The summed E-state index contributed by atoms with van der Waals surface area (Å²) in [5, 5.41) is 4.63. The molecule has 0 saturated carbocycles. The Kier molecular flexibility index (Phi) is 5.90. The number of nitrogens with one attached hydrogen (secondary N) is 1. The molecule has 0 spiro atoms. The van der Waals surface area contributed by atoms with Crippen LogP contribution in [-0.2, 0) is 12.7 Å². The molecule has 1 fully saturated rings. The second kappa shape index (κ2) is 7.10. The minimum absolute atomic E-state index is 0.0719. The molecule has 1 aromatic rings. The lowest BCUT2D eigenvalue weighted by Crippen LogP contribution is -2.22. The molecule has 0 bridgehead atoms. The van der Waals surface area contributed by atoms with Gasteiger partial charge in [-0.15, -0.1) is 23.1 Å². The van der Waals surface area contributed by atoms with Crippen molar-refractivity contribution in [3.05, 3.63) is 15.6 Å². The number of rotatable bonds is 4. The molecular weight excluding hydrogens is 337 g/mol. The van der Waals surface area contributed by atoms with E-state index in [1.165, 1.54) is 11.3 Å². The number of hydrogen-bond donors (Lipinski definition) is 1. The summed E-state index contributed by atoms with van der Waals surface area (Å²) in [5.74, 6) is 0.835. The van der Waals surface area contributed by atoms with Crippen molar-refractivity contribution in [2.45, 2.75) is 49.2 Å². The van der Waals surface area contributed by atoms with Crippen LogP contribution in [0.1, 0.15) is 41.6 Å². The molecule has 8 heteroatoms. The first kappa shape index (κ1) is 17.4. The number of halogens is 3. The highest BCUT2D eigenvalue weighted by molar-refractivity contribution is 8.07. The largest absolute Gasteiger partial charge is 0.434 e. The highest BCUT2D eigenvalue weighted by Gasteiger charge is 2.39. The van der Waals surface area contributed by atoms with Gasteiger partial charge < -0.3 is 5.32 Å². The summed E-state index contributed by atoms with van der Waals surface area (Å²) in [4.78, 5) is 4.24. The standard InChI is InChI=1S/C13H19F3N2S3/c1-4-17-5-9-11(13(14,15)16)18-12(21-9)10-6-19-7(2)8(3)20-10/h7-8,10,17H,4-6H2,1-3H3. The smallest absolute Gasteiger partial charge is 0.312 e. The van der Waals surface area contributed by atoms with Crippen molar-refractivity contribution in [2.24, 2.45) is 0 Å². The maximum Gasteiger partial charge on any atom is 0.434 e. The molecule has 2 nitrogen and oxygen atoms in total. The Morgan fingerprint density at radius 3 is 2.57 bits per heavy atom. The van der Waals surface area contributed by atoms with Gasteiger partial charge in [0.1, 0.15) is 5.01 Å². The van der Waals surface area contributed by atoms with Gasteiger partial charge in [-0.2, -0.15) is 24.9 Å². The van der Waals surface area contributed by atoms with E-state index in [-0.39, 0.29) is 11.8 Å². The van der Waals surface area contributed by atoms with Gasteiger partial charge >= 0.3 is 6.18 Å². The van der Waals surface area contributed by atoms with Gasteiger partial charge in [0, 0.05) is 22.8 Å². The molecule has 1 saturated heterocycles. The van der Waals surface area contributed by atoms with Gasteiger partial charge in [0.25, 0.3) is 0 Å². The van der Waals surface area contributed by atoms with Crippen LogP contribution in [0.2, 0.25) is 0 Å². The SMILES string of the molecule is CCNCc1sc(C2CSC(C)C(C)S2)nc1C(F)(F)F. The summed E-state index contributed by atoms with van der Waals surface area (Å²) in [6.45, 7) is 7.06. The average molecular weight is 357 g/mol. The van der Waals surface area contributed by atoms with Crippen LogP contribution in [0.15, 0.2) is 0 Å². The van der Waals surface area contributed by atoms with Crippen LogP contribution in [-0.4, -0.2) is 27.8 Å². The fourth-order valence-electron chi connectivity index (χ4n) is 2.00. The Morgan fingerprint density at radius 1 is 1.29 bits per heavy atom. The van der Waals surface area contributed by atoms with E-state index in [1.54, 1.807) is 11.8 Å². The second-order valence-electron chi connectivity index (χ2n) is 4.97. The Morgan fingerprint density at radius 2 is 2.00 bits per heavy atom. The monoisotopic (exact) mass is 356 g/mol. The predicted octanol–water partition coefficient (Wildman–Crippen LogP) is 4.57. The summed E-state index contributed by atoms with van der Waals surface area (Å²) in [6.07, 6.45) is -4.37. The van der Waals surface area contributed by atoms with Gasteiger partial charge in [-0.25, -0.2) is 4.98 Å². The molecule has 1 aliphatic rings. The third-order valence-corrected chi connectivity index (χ3v) is 8.06. The molecule has 1 aliphatic heterocycles. The Bertz CT molecular complexity index is 476. The van der Waals surface area contributed by atoms with Crippen LogP contribution in [0.3, 0.4) is 0 Å². The number of thioether (sulfide) groups is 2. The van der Waals surface area contributed by atoms with E-state index >= 15 is 0 Å². The van der Waals surface area contributed by atoms with Crippen LogP contribution < -0.4 is 5.32 Å². The maximum absolute atomic E-state index is 13.1. The first-order chi connectivity index (χ1) is 9.82. The second-order valence-corrected chi connectivity index (χ2v) is 9.08. The number of aromatic nitrogens is 1. The third kappa shape index (κ3) is 4.30. The van der Waals surface area contributed by atoms with Gasteiger partial charge in [-0.05, 0) is 6.54 Å². The lowest BCUT2D eigenvalue weighted by molar-refractivity contribution is -0.141. The molecule has 3 atom stereocenters. The minimum atomic E-state index is -4.37. The molecule has 0 aromatic carbocycles. The summed E-state index contributed by atoms with van der Waals surface area (Å²) >= 11 is 4.77. The summed E-state index contributed by atoms with van der Waals surface area (Å²) in [6, 6.07) is 0. The van der Waals surface area contributed by atoms with Crippen molar-refractivity contribution in [1.29, 1.82) is 0 Å². The molecule has 1 N–H and O–H groups in total. The normalized spacial score (nSPS) is 27.0. The van der Waals surface area contributed by atoms with Crippen molar-refractivity contribution >= 4 is 34.9 Å². The minimum Gasteiger partial charge on any atom is -0.312 e. The quantitative estimate of drug-likeness (QED) is 0.854. The molecule has 2 rings (SSSR count). The molecule has 0 radical (unpaired) electrons. The molecule has 0 amide bonds. The highest BCUT2D eigenvalue weighted by atomic mass is 32.2. The van der Waals surface area contributed by atoms with E-state index in [0.29, 0.717) is 26.9 Å². The number of nitrogens with zero attached hydrogens (tertiary/aromatic N) is 1. The molecule has 2 heterocycles. The number of hydrogen-bond acceptors (Lipinski definition) is 5. The fourth-order valence-corrected chi connectivity index (χ4v) is 6.25. The highest BCUT2D eigenvalue weighted by Crippen LogP contribution is 2.47. The molecule has 21 heavy (non-hydrogen) atoms. The predicted molar refractivity (Wildman–Crippen MR) is 86.2 cm³/mol. The van der Waals surface area contributed by atoms with Crippen molar-refractivity contribution in [2.75, 3.05) is 12.3 Å². The third-order valence-electron chi connectivity index (χ3n) is 3.34. The Labute approximate surface area is 135 Å². The van der Waals surface area contributed by atoms with Gasteiger partial charge in [0.2, 0.25) is 0 Å². The van der Waals surface area contributed by atoms with Gasteiger partial charge in [-0.3, -0.25) is 0 Å². The van der Waals surface area contributed by atoms with Crippen molar-refractivity contribution in [3.63, 3.8) is 0 Å². The van der Waals surface area contributed by atoms with E-state index < -0.39 is 11.9 Å². The van der Waals surface area contributed by atoms with Crippen LogP contribution in [0.4, 0.5) is 13.2 Å². The molecular formula is C13H19F3N2S3. The lowest BCUT2D eigenvalue weighted by Gasteiger charge is -2.30. The molecule has 0 aliphatic carbocycles. The van der Waals surface area contributed by atoms with Crippen molar-refractivity contribution in [3.8, 4) is 0 Å². The first-order valence-electron chi connectivity index (χ1n) is 6.87. The lowest BCUT2D eigenvalue weighted by atomic mass is 10.3.